The summed E-state index contributed by atoms with van der Waals surface area (Å²) < 4.78 is 15.8. The number of halogens is 1. The summed E-state index contributed by atoms with van der Waals surface area (Å²) in [6.07, 6.45) is 4.12. The number of ketones is 4. The van der Waals surface area contributed by atoms with Gasteiger partial charge in [0.15, 0.2) is 34.7 Å². The number of carbonyl (C=O) groups excluding carboxylic acids is 5. The number of nitrogens with zero attached hydrogens (tertiary/aromatic N) is 1. The summed E-state index contributed by atoms with van der Waals surface area (Å²) in [6.45, 7) is 0.187. The zero-order valence-electron chi connectivity index (χ0n) is 21.8. The van der Waals surface area contributed by atoms with Crippen molar-refractivity contribution in [1.82, 2.24) is 10.2 Å². The number of phenols is 1. The number of benzene rings is 1. The number of hydrogen-bond donors (Lipinski definition) is 4. The molecule has 39 heavy (non-hydrogen) atoms. The number of aliphatic hydroxyl groups is 1. The maximum atomic E-state index is 15.8. The molecule has 208 valence electrons. The van der Waals surface area contributed by atoms with Crippen molar-refractivity contribution in [2.75, 3.05) is 14.1 Å². The average molecular weight is 542 g/mol. The van der Waals surface area contributed by atoms with Crippen LogP contribution in [0.5, 0.6) is 5.75 Å². The van der Waals surface area contributed by atoms with Gasteiger partial charge >= 0.3 is 0 Å². The summed E-state index contributed by atoms with van der Waals surface area (Å²) in [4.78, 5) is 67.3. The number of phenolic OH excluding ortho intramolecular Hbond substituents is 1. The van der Waals surface area contributed by atoms with Crippen LogP contribution in [0.25, 0.3) is 0 Å². The van der Waals surface area contributed by atoms with Crippen LogP contribution in [0.15, 0.2) is 6.07 Å². The predicted octanol–water partition coefficient (Wildman–Crippen LogP) is 0.0383. The second-order valence-electron chi connectivity index (χ2n) is 12.3. The average Bonchev–Trinajstić information content (AvgIpc) is 3.76. The van der Waals surface area contributed by atoms with Gasteiger partial charge in [0.05, 0.1) is 17.5 Å². The van der Waals surface area contributed by atoms with Gasteiger partial charge in [0.1, 0.15) is 11.6 Å². The quantitative estimate of drug-likeness (QED) is 0.364. The van der Waals surface area contributed by atoms with Gasteiger partial charge in [-0.2, -0.15) is 0 Å². The van der Waals surface area contributed by atoms with E-state index in [1.54, 1.807) is 0 Å². The van der Waals surface area contributed by atoms with Crippen molar-refractivity contribution in [1.29, 1.82) is 0 Å². The molecule has 0 aliphatic heterocycles. The van der Waals surface area contributed by atoms with Crippen molar-refractivity contribution in [3.8, 4) is 5.75 Å². The number of hydrogen-bond acceptors (Lipinski definition) is 9. The number of amides is 1. The maximum absolute atomic E-state index is 15.8. The summed E-state index contributed by atoms with van der Waals surface area (Å²) in [5.74, 6) is -11.6. The van der Waals surface area contributed by atoms with E-state index in [0.29, 0.717) is 5.92 Å². The first-order chi connectivity index (χ1) is 18.3. The molecule has 1 amide bonds. The summed E-state index contributed by atoms with van der Waals surface area (Å²) >= 11 is 0. The molecule has 1 aromatic rings. The molecular weight excluding hydrogens is 509 g/mol. The van der Waals surface area contributed by atoms with Crippen LogP contribution in [-0.2, 0) is 32.1 Å². The Morgan fingerprint density at radius 2 is 1.85 bits per heavy atom. The fourth-order valence-electron chi connectivity index (χ4n) is 7.61. The zero-order valence-corrected chi connectivity index (χ0v) is 21.8. The monoisotopic (exact) mass is 541 g/mol. The largest absolute Gasteiger partial charge is 0.507 e. The van der Waals surface area contributed by atoms with Crippen LogP contribution in [0.4, 0.5) is 4.39 Å². The zero-order chi connectivity index (χ0) is 28.2. The fourth-order valence-corrected chi connectivity index (χ4v) is 7.61. The minimum atomic E-state index is -2.80. The Labute approximate surface area is 224 Å². The molecule has 5 aliphatic carbocycles. The molecule has 2 unspecified atom stereocenters. The van der Waals surface area contributed by atoms with E-state index >= 15 is 4.39 Å². The number of primary amides is 1. The molecule has 6 atom stereocenters. The summed E-state index contributed by atoms with van der Waals surface area (Å²) in [7, 11) is 3.03. The van der Waals surface area contributed by atoms with Crippen LogP contribution in [0, 0.1) is 35.4 Å². The van der Waals surface area contributed by atoms with E-state index in [-0.39, 0.29) is 41.6 Å². The molecule has 0 aromatic heterocycles. The number of likely N-dealkylation sites (N-methyl/N-ethyl adjacent to an activating group) is 1. The third-order valence-corrected chi connectivity index (χ3v) is 9.85. The molecule has 0 radical (unpaired) electrons. The van der Waals surface area contributed by atoms with Crippen LogP contribution in [0.3, 0.4) is 0 Å². The molecule has 0 spiro atoms. The minimum Gasteiger partial charge on any atom is -0.507 e. The molecule has 6 rings (SSSR count). The number of rotatable bonds is 6. The first kappa shape index (κ1) is 26.2. The Morgan fingerprint density at radius 1 is 1.18 bits per heavy atom. The van der Waals surface area contributed by atoms with Crippen LogP contribution in [0.1, 0.15) is 53.6 Å². The van der Waals surface area contributed by atoms with E-state index in [9.17, 15) is 34.2 Å². The van der Waals surface area contributed by atoms with Gasteiger partial charge in [-0.25, -0.2) is 4.39 Å². The van der Waals surface area contributed by atoms with Gasteiger partial charge in [-0.05, 0) is 70.5 Å². The first-order valence-electron chi connectivity index (χ1n) is 13.5. The number of Topliss-reactive ketones (excluding diaryl/α,β-unsaturated/α-hetero) is 4. The van der Waals surface area contributed by atoms with E-state index in [1.807, 2.05) is 0 Å². The number of carbonyl (C=O) groups is 5. The van der Waals surface area contributed by atoms with Gasteiger partial charge in [0.2, 0.25) is 5.91 Å². The van der Waals surface area contributed by atoms with Crippen LogP contribution in [-0.4, -0.2) is 75.4 Å². The normalized spacial score (nSPS) is 34.9. The summed E-state index contributed by atoms with van der Waals surface area (Å²) in [5, 5.41) is 25.8. The van der Waals surface area contributed by atoms with Gasteiger partial charge in [-0.1, -0.05) is 0 Å². The van der Waals surface area contributed by atoms with E-state index < -0.39 is 75.9 Å². The highest BCUT2D eigenvalue weighted by molar-refractivity contribution is 6.32. The lowest BCUT2D eigenvalue weighted by atomic mass is 9.52. The van der Waals surface area contributed by atoms with E-state index in [4.69, 9.17) is 5.73 Å². The second kappa shape index (κ2) is 8.49. The number of nitrogens with two attached hydrogens (primary N) is 1. The highest BCUT2D eigenvalue weighted by atomic mass is 19.1. The standard InChI is InChI=1S/C28H32FN3O7/c1-32(2)21-15-8-11-7-14-18(16(33)9-12(20(14)29)10-31-27(5-6-27)13-3-4-13)22(34)17(11)24(36)28(15,39)25(37)19(23(21)35)26(30)38/h9,11,13,15,17,19,21,31,33,39H,3-8,10H2,1-2H3,(H2,30,38)/t11-,15-,17?,19?,21-,28-/m0/s1. The number of nitrogens with one attached hydrogen (secondary N) is 1. The van der Waals surface area contributed by atoms with Crippen molar-refractivity contribution < 1.29 is 38.6 Å². The molecular formula is C28H32FN3O7. The summed E-state index contributed by atoms with van der Waals surface area (Å²) in [6, 6.07) is 0.000514. The lowest BCUT2D eigenvalue weighted by molar-refractivity contribution is -0.181. The molecule has 0 heterocycles. The van der Waals surface area contributed by atoms with Crippen molar-refractivity contribution in [3.05, 3.63) is 28.6 Å². The topological polar surface area (TPSA) is 167 Å². The SMILES string of the molecule is CN(C)[C@@H]1C(=O)C(C(N)=O)C(=O)[C@@]2(O)C(=O)C3C(=O)c4c(O)cc(CNC5(C6CC6)CC5)c(F)c4C[C@H]3C[C@@H]12. The van der Waals surface area contributed by atoms with Crippen molar-refractivity contribution in [2.24, 2.45) is 35.3 Å². The van der Waals surface area contributed by atoms with Crippen LogP contribution < -0.4 is 11.1 Å². The highest BCUT2D eigenvalue weighted by Crippen LogP contribution is 2.54. The molecule has 4 saturated carbocycles. The van der Waals surface area contributed by atoms with E-state index in [0.717, 1.165) is 25.7 Å². The van der Waals surface area contributed by atoms with Gasteiger partial charge in [-0.15, -0.1) is 0 Å². The lowest BCUT2D eigenvalue weighted by Gasteiger charge is -2.52. The smallest absolute Gasteiger partial charge is 0.235 e. The molecule has 4 fully saturated rings. The van der Waals surface area contributed by atoms with E-state index in [2.05, 4.69) is 5.32 Å². The van der Waals surface area contributed by atoms with Crippen LogP contribution in [0.2, 0.25) is 0 Å². The summed E-state index contributed by atoms with van der Waals surface area (Å²) in [5.41, 5.74) is 2.43. The molecule has 5 aliphatic rings. The second-order valence-corrected chi connectivity index (χ2v) is 12.3. The van der Waals surface area contributed by atoms with E-state index in [1.165, 1.54) is 25.1 Å². The molecule has 11 heteroatoms. The third kappa shape index (κ3) is 3.59. The van der Waals surface area contributed by atoms with Gasteiger partial charge in [0, 0.05) is 29.1 Å². The van der Waals surface area contributed by atoms with Gasteiger partial charge in [-0.3, -0.25) is 28.9 Å². The lowest BCUT2D eigenvalue weighted by Crippen LogP contribution is -2.74. The molecule has 0 saturated heterocycles. The molecule has 5 N–H and O–H groups in total. The first-order valence-corrected chi connectivity index (χ1v) is 13.5. The van der Waals surface area contributed by atoms with Crippen molar-refractivity contribution in [3.63, 3.8) is 0 Å². The van der Waals surface area contributed by atoms with Crippen LogP contribution >= 0.6 is 0 Å². The van der Waals surface area contributed by atoms with Gasteiger partial charge < -0.3 is 21.3 Å². The van der Waals surface area contributed by atoms with Gasteiger partial charge in [0.25, 0.3) is 0 Å². The Balaban J connectivity index is 1.37. The van der Waals surface area contributed by atoms with Crippen molar-refractivity contribution in [2.45, 2.75) is 62.3 Å². The Kier molecular flexibility index (Phi) is 5.71. The number of aromatic hydroxyl groups is 1. The Hall–Kier alpha value is -3.02. The number of fused-ring (bicyclic) bond motifs is 3. The Morgan fingerprint density at radius 3 is 2.41 bits per heavy atom. The third-order valence-electron chi connectivity index (χ3n) is 9.85. The Bertz CT molecular complexity index is 1350. The van der Waals surface area contributed by atoms with Crippen molar-refractivity contribution >= 4 is 29.0 Å². The molecule has 10 nitrogen and oxygen atoms in total. The fraction of sp³-hybridized carbons (Fsp3) is 0.607. The molecule has 0 bridgehead atoms. The minimum absolute atomic E-state index is 0.00237. The maximum Gasteiger partial charge on any atom is 0.235 e. The highest BCUT2D eigenvalue weighted by Gasteiger charge is 2.69. The molecule has 1 aromatic carbocycles. The predicted molar refractivity (Wildman–Crippen MR) is 133 cm³/mol.